The van der Waals surface area contributed by atoms with Crippen molar-refractivity contribution >= 4 is 5.97 Å². The van der Waals surface area contributed by atoms with E-state index in [9.17, 15) is 25.2 Å². The van der Waals surface area contributed by atoms with Crippen LogP contribution < -0.4 is 0 Å². The van der Waals surface area contributed by atoms with Crippen molar-refractivity contribution in [1.82, 2.24) is 0 Å². The van der Waals surface area contributed by atoms with E-state index in [-0.39, 0.29) is 5.41 Å². The molecule has 1 aliphatic heterocycles. The second-order valence-electron chi connectivity index (χ2n) is 9.56. The Kier molecular flexibility index (Phi) is 9.82. The average molecular weight is 463 g/mol. The van der Waals surface area contributed by atoms with E-state index in [0.717, 1.165) is 12.0 Å². The second kappa shape index (κ2) is 11.9. The summed E-state index contributed by atoms with van der Waals surface area (Å²) >= 11 is 0. The normalized spacial score (nSPS) is 31.5. The molecule has 0 aromatic heterocycles. The minimum absolute atomic E-state index is 0.190. The number of rotatable bonds is 7. The van der Waals surface area contributed by atoms with Gasteiger partial charge < -0.3 is 29.9 Å². The molecule has 0 unspecified atom stereocenters. The van der Waals surface area contributed by atoms with E-state index in [2.05, 4.69) is 32.9 Å². The fourth-order valence-electron chi connectivity index (χ4n) is 4.18. The summed E-state index contributed by atoms with van der Waals surface area (Å²) in [5.74, 6) is -0.774. The minimum atomic E-state index is -1.62. The van der Waals surface area contributed by atoms with Crippen LogP contribution in [0.25, 0.3) is 0 Å². The van der Waals surface area contributed by atoms with E-state index in [4.69, 9.17) is 9.47 Å². The van der Waals surface area contributed by atoms with Crippen molar-refractivity contribution in [2.24, 2.45) is 5.41 Å². The lowest BCUT2D eigenvalue weighted by Crippen LogP contribution is -2.59. The Morgan fingerprint density at radius 2 is 1.82 bits per heavy atom. The summed E-state index contributed by atoms with van der Waals surface area (Å²) in [4.78, 5) is 12.2. The Hall–Kier alpha value is -2.03. The molecule has 1 fully saturated rings. The molecule has 0 bridgehead atoms. The number of carbonyl (C=O) groups is 1. The molecule has 0 aromatic rings. The number of carbonyl (C=O) groups excluding carboxylic acids is 1. The number of ether oxygens (including phenoxy) is 2. The highest BCUT2D eigenvalue weighted by Crippen LogP contribution is 2.40. The van der Waals surface area contributed by atoms with Gasteiger partial charge in [0.2, 0.25) is 6.29 Å². The minimum Gasteiger partial charge on any atom is -0.430 e. The van der Waals surface area contributed by atoms with Crippen molar-refractivity contribution in [1.29, 1.82) is 0 Å². The summed E-state index contributed by atoms with van der Waals surface area (Å²) in [6.07, 6.45) is 7.29. The quantitative estimate of drug-likeness (QED) is 0.261. The Balaban J connectivity index is 1.96. The van der Waals surface area contributed by atoms with Crippen molar-refractivity contribution in [3.8, 4) is 0 Å². The third-order valence-electron chi connectivity index (χ3n) is 6.20. The third kappa shape index (κ3) is 7.48. The first-order chi connectivity index (χ1) is 15.5. The summed E-state index contributed by atoms with van der Waals surface area (Å²) in [5.41, 5.74) is 4.73. The molecule has 0 aromatic carbocycles. The molecular weight excluding hydrogens is 424 g/mol. The first-order valence-corrected chi connectivity index (χ1v) is 11.4. The Bertz CT molecular complexity index is 845. The molecule has 33 heavy (non-hydrogen) atoms. The molecule has 1 heterocycles. The predicted molar refractivity (Wildman–Crippen MR) is 126 cm³/mol. The number of allylic oxidation sites excluding steroid dienone is 9. The van der Waals surface area contributed by atoms with Gasteiger partial charge in [0.15, 0.2) is 0 Å². The molecule has 0 radical (unpaired) electrons. The lowest BCUT2D eigenvalue weighted by molar-refractivity contribution is -0.291. The van der Waals surface area contributed by atoms with Crippen LogP contribution in [-0.4, -0.2) is 63.7 Å². The number of hydrogen-bond acceptors (Lipinski definition) is 7. The molecule has 1 aliphatic carbocycles. The highest BCUT2D eigenvalue weighted by atomic mass is 16.7. The van der Waals surface area contributed by atoms with Crippen molar-refractivity contribution in [2.45, 2.75) is 84.6 Å². The second-order valence-corrected chi connectivity index (χ2v) is 9.56. The van der Waals surface area contributed by atoms with E-state index in [1.807, 2.05) is 19.1 Å². The highest BCUT2D eigenvalue weighted by Gasteiger charge is 2.45. The summed E-state index contributed by atoms with van der Waals surface area (Å²) < 4.78 is 10.2. The number of aliphatic hydroxyl groups excluding tert-OH is 4. The van der Waals surface area contributed by atoms with Gasteiger partial charge in [-0.25, -0.2) is 4.79 Å². The summed E-state index contributed by atoms with van der Waals surface area (Å²) in [6.45, 7) is 9.92. The van der Waals surface area contributed by atoms with Crippen molar-refractivity contribution < 1.29 is 34.7 Å². The van der Waals surface area contributed by atoms with Gasteiger partial charge in [0, 0.05) is 6.08 Å². The number of hydrogen-bond donors (Lipinski definition) is 4. The monoisotopic (exact) mass is 462 g/mol. The lowest BCUT2D eigenvalue weighted by atomic mass is 9.72. The standard InChI is InChI=1S/C26H38O7/c1-16(11-12-19-18(3)10-7-13-26(19,4)5)8-6-9-17(2)14-21(28)33-25-24(31)23(30)22(29)20(15-27)32-25/h6,8-9,11-12,14,20,22-25,27,29-31H,7,10,13,15H2,1-5H3/t20-,22-,23+,24-,25+/m1/s1. The first kappa shape index (κ1) is 27.2. The van der Waals surface area contributed by atoms with E-state index in [0.29, 0.717) is 5.57 Å². The van der Waals surface area contributed by atoms with Crippen LogP contribution >= 0.6 is 0 Å². The molecular formula is C26H38O7. The van der Waals surface area contributed by atoms with Gasteiger partial charge in [-0.15, -0.1) is 0 Å². The average Bonchev–Trinajstić information content (AvgIpc) is 2.73. The van der Waals surface area contributed by atoms with E-state index in [1.165, 1.54) is 30.1 Å². The van der Waals surface area contributed by atoms with Crippen LogP contribution in [0.1, 0.15) is 53.9 Å². The van der Waals surface area contributed by atoms with Gasteiger partial charge in [-0.1, -0.05) is 55.4 Å². The smallest absolute Gasteiger partial charge is 0.333 e. The van der Waals surface area contributed by atoms with Gasteiger partial charge in [-0.05, 0) is 56.6 Å². The third-order valence-corrected chi connectivity index (χ3v) is 6.20. The van der Waals surface area contributed by atoms with Gasteiger partial charge in [-0.3, -0.25) is 0 Å². The Labute approximate surface area is 196 Å². The molecule has 0 spiro atoms. The molecule has 7 heteroatoms. The van der Waals surface area contributed by atoms with Crippen LogP contribution in [-0.2, 0) is 14.3 Å². The van der Waals surface area contributed by atoms with Crippen LogP contribution in [0.15, 0.2) is 58.7 Å². The van der Waals surface area contributed by atoms with E-state index in [1.54, 1.807) is 13.0 Å². The van der Waals surface area contributed by atoms with Gasteiger partial charge >= 0.3 is 5.97 Å². The summed E-state index contributed by atoms with van der Waals surface area (Å²) in [6, 6.07) is 0. The number of aliphatic hydroxyl groups is 4. The van der Waals surface area contributed by atoms with Crippen LogP contribution in [0.4, 0.5) is 0 Å². The zero-order chi connectivity index (χ0) is 24.8. The maximum absolute atomic E-state index is 12.2. The van der Waals surface area contributed by atoms with Gasteiger partial charge in [-0.2, -0.15) is 0 Å². The molecule has 4 N–H and O–H groups in total. The zero-order valence-electron chi connectivity index (χ0n) is 20.2. The summed E-state index contributed by atoms with van der Waals surface area (Å²) in [5, 5.41) is 38.7. The van der Waals surface area contributed by atoms with Crippen molar-refractivity contribution in [2.75, 3.05) is 6.61 Å². The van der Waals surface area contributed by atoms with Crippen molar-refractivity contribution in [3.63, 3.8) is 0 Å². The summed E-state index contributed by atoms with van der Waals surface area (Å²) in [7, 11) is 0. The van der Waals surface area contributed by atoms with Gasteiger partial charge in [0.25, 0.3) is 0 Å². The lowest BCUT2D eigenvalue weighted by Gasteiger charge is -2.38. The molecule has 0 amide bonds. The SMILES string of the molecule is CC(C=CC1=C(C)CCCC1(C)C)=CC=CC(C)=CC(=O)O[C@@H]1O[C@H](CO)[C@@H](O)[C@H](O)[C@H]1O. The fraction of sp³-hybridized carbons (Fsp3) is 0.577. The van der Waals surface area contributed by atoms with E-state index >= 15 is 0 Å². The molecule has 2 aliphatic rings. The van der Waals surface area contributed by atoms with E-state index < -0.39 is 43.3 Å². The van der Waals surface area contributed by atoms with Gasteiger partial charge in [0.05, 0.1) is 6.61 Å². The molecule has 1 saturated heterocycles. The van der Waals surface area contributed by atoms with Crippen LogP contribution in [0.2, 0.25) is 0 Å². The molecule has 0 saturated carbocycles. The highest BCUT2D eigenvalue weighted by molar-refractivity contribution is 5.83. The van der Waals surface area contributed by atoms with Crippen LogP contribution in [0.3, 0.4) is 0 Å². The van der Waals surface area contributed by atoms with Gasteiger partial charge in [0.1, 0.15) is 24.4 Å². The predicted octanol–water partition coefficient (Wildman–Crippen LogP) is 2.86. The maximum Gasteiger partial charge on any atom is 0.333 e. The number of esters is 1. The van der Waals surface area contributed by atoms with Crippen LogP contribution in [0.5, 0.6) is 0 Å². The van der Waals surface area contributed by atoms with Crippen LogP contribution in [0, 0.1) is 5.41 Å². The Morgan fingerprint density at radius 1 is 1.12 bits per heavy atom. The molecule has 5 atom stereocenters. The molecule has 184 valence electrons. The maximum atomic E-state index is 12.2. The largest absolute Gasteiger partial charge is 0.430 e. The molecule has 2 rings (SSSR count). The first-order valence-electron chi connectivity index (χ1n) is 11.4. The van der Waals surface area contributed by atoms with Crippen molar-refractivity contribution in [3.05, 3.63) is 58.7 Å². The fourth-order valence-corrected chi connectivity index (χ4v) is 4.18. The topological polar surface area (TPSA) is 116 Å². The Morgan fingerprint density at radius 3 is 2.45 bits per heavy atom. The zero-order valence-corrected chi connectivity index (χ0v) is 20.2. The molecule has 7 nitrogen and oxygen atoms in total.